The van der Waals surface area contributed by atoms with Crippen molar-refractivity contribution in [2.45, 2.75) is 79.1 Å². The number of dihydropyridines is 1. The summed E-state index contributed by atoms with van der Waals surface area (Å²) in [6.45, 7) is 10.1. The fourth-order valence-corrected chi connectivity index (χ4v) is 4.01. The van der Waals surface area contributed by atoms with E-state index in [0.29, 0.717) is 37.1 Å². The predicted molar refractivity (Wildman–Crippen MR) is 130 cm³/mol. The Bertz CT molecular complexity index is 934. The van der Waals surface area contributed by atoms with Crippen LogP contribution in [0.25, 0.3) is 0 Å². The van der Waals surface area contributed by atoms with E-state index in [2.05, 4.69) is 5.32 Å². The summed E-state index contributed by atoms with van der Waals surface area (Å²) in [6.07, 6.45) is 4.04. The van der Waals surface area contributed by atoms with E-state index in [1.54, 1.807) is 12.1 Å². The standard InChI is InChI=1S/C26H36N2O6/c1-6-10-14-33-25(29)23-19(8-3)27-20(9-4)24(26(30)34-15-11-7-2)22(23)18-16-17(5)12-13-21(18)28(31)32/h12-13,16,22,27H,6-11,14-15H2,1-5H3. The van der Waals surface area contributed by atoms with Gasteiger partial charge in [0.25, 0.3) is 5.69 Å². The van der Waals surface area contributed by atoms with Crippen molar-refractivity contribution in [2.24, 2.45) is 0 Å². The molecule has 1 aliphatic heterocycles. The molecule has 0 bridgehead atoms. The number of hydrogen-bond acceptors (Lipinski definition) is 7. The summed E-state index contributed by atoms with van der Waals surface area (Å²) in [4.78, 5) is 38.2. The quantitative estimate of drug-likeness (QED) is 0.182. The van der Waals surface area contributed by atoms with Gasteiger partial charge in [-0.1, -0.05) is 52.2 Å². The lowest BCUT2D eigenvalue weighted by atomic mass is 9.78. The van der Waals surface area contributed by atoms with Gasteiger partial charge in [-0.25, -0.2) is 9.59 Å². The van der Waals surface area contributed by atoms with Crippen molar-refractivity contribution >= 4 is 17.6 Å². The number of nitrogens with one attached hydrogen (secondary N) is 1. The highest BCUT2D eigenvalue weighted by Gasteiger charge is 2.42. The van der Waals surface area contributed by atoms with Crippen LogP contribution in [0.15, 0.2) is 40.7 Å². The van der Waals surface area contributed by atoms with Crippen molar-refractivity contribution in [2.75, 3.05) is 13.2 Å². The Labute approximate surface area is 201 Å². The van der Waals surface area contributed by atoms with Gasteiger partial charge in [0, 0.05) is 23.0 Å². The predicted octanol–water partition coefficient (Wildman–Crippen LogP) is 5.60. The molecule has 1 aromatic rings. The van der Waals surface area contributed by atoms with Gasteiger partial charge >= 0.3 is 11.9 Å². The number of nitro groups is 1. The first-order chi connectivity index (χ1) is 16.3. The van der Waals surface area contributed by atoms with Crippen molar-refractivity contribution < 1.29 is 24.0 Å². The second-order valence-corrected chi connectivity index (χ2v) is 8.35. The Kier molecular flexibility index (Phi) is 10.3. The van der Waals surface area contributed by atoms with Crippen molar-refractivity contribution in [1.29, 1.82) is 0 Å². The molecule has 186 valence electrons. The molecule has 0 saturated carbocycles. The summed E-state index contributed by atoms with van der Waals surface area (Å²) in [5.41, 5.74) is 2.58. The topological polar surface area (TPSA) is 108 Å². The number of nitrogens with zero attached hydrogens (tertiary/aromatic N) is 1. The summed E-state index contributed by atoms with van der Waals surface area (Å²) in [5.74, 6) is -2.12. The summed E-state index contributed by atoms with van der Waals surface area (Å²) in [7, 11) is 0. The number of aryl methyl sites for hydroxylation is 1. The zero-order chi connectivity index (χ0) is 25.3. The lowest BCUT2D eigenvalue weighted by Crippen LogP contribution is -2.34. The summed E-state index contributed by atoms with van der Waals surface area (Å²) >= 11 is 0. The summed E-state index contributed by atoms with van der Waals surface area (Å²) < 4.78 is 11.1. The number of benzene rings is 1. The molecule has 0 amide bonds. The van der Waals surface area contributed by atoms with Crippen LogP contribution >= 0.6 is 0 Å². The van der Waals surface area contributed by atoms with Crippen LogP contribution in [0.5, 0.6) is 0 Å². The lowest BCUT2D eigenvalue weighted by molar-refractivity contribution is -0.385. The molecule has 1 aliphatic rings. The molecule has 2 rings (SSSR count). The molecule has 0 atom stereocenters. The molecule has 8 nitrogen and oxygen atoms in total. The van der Waals surface area contributed by atoms with Crippen LogP contribution in [0.1, 0.15) is 83.3 Å². The van der Waals surface area contributed by atoms with E-state index in [-0.39, 0.29) is 35.6 Å². The Morgan fingerprint density at radius 3 is 1.85 bits per heavy atom. The highest BCUT2D eigenvalue weighted by atomic mass is 16.6. The monoisotopic (exact) mass is 472 g/mol. The molecule has 0 unspecified atom stereocenters. The maximum atomic E-state index is 13.4. The van der Waals surface area contributed by atoms with Gasteiger partial charge in [0.15, 0.2) is 0 Å². The average Bonchev–Trinajstić information content (AvgIpc) is 2.82. The van der Waals surface area contributed by atoms with Crippen molar-refractivity contribution in [3.63, 3.8) is 0 Å². The maximum Gasteiger partial charge on any atom is 0.336 e. The smallest absolute Gasteiger partial charge is 0.336 e. The van der Waals surface area contributed by atoms with Gasteiger partial charge in [0.05, 0.1) is 35.2 Å². The van der Waals surface area contributed by atoms with E-state index in [1.165, 1.54) is 6.07 Å². The molecule has 0 aromatic heterocycles. The molecule has 0 spiro atoms. The minimum absolute atomic E-state index is 0.152. The highest BCUT2D eigenvalue weighted by Crippen LogP contribution is 2.44. The van der Waals surface area contributed by atoms with E-state index in [1.807, 2.05) is 34.6 Å². The number of rotatable bonds is 12. The average molecular weight is 473 g/mol. The Morgan fingerprint density at radius 2 is 1.44 bits per heavy atom. The molecule has 8 heteroatoms. The number of carbonyl (C=O) groups excluding carboxylic acids is 2. The molecule has 1 N–H and O–H groups in total. The van der Waals surface area contributed by atoms with E-state index in [4.69, 9.17) is 9.47 Å². The van der Waals surface area contributed by atoms with Gasteiger partial charge in [0.2, 0.25) is 0 Å². The molecule has 34 heavy (non-hydrogen) atoms. The van der Waals surface area contributed by atoms with Crippen LogP contribution in [0.2, 0.25) is 0 Å². The second-order valence-electron chi connectivity index (χ2n) is 8.35. The maximum absolute atomic E-state index is 13.4. The number of hydrogen-bond donors (Lipinski definition) is 1. The first-order valence-corrected chi connectivity index (χ1v) is 12.1. The minimum Gasteiger partial charge on any atom is -0.462 e. The Morgan fingerprint density at radius 1 is 0.941 bits per heavy atom. The third-order valence-electron chi connectivity index (χ3n) is 5.83. The fourth-order valence-electron chi connectivity index (χ4n) is 4.01. The van der Waals surface area contributed by atoms with Crippen LogP contribution in [0.3, 0.4) is 0 Å². The van der Waals surface area contributed by atoms with E-state index in [0.717, 1.165) is 18.4 Å². The van der Waals surface area contributed by atoms with E-state index in [9.17, 15) is 19.7 Å². The number of allylic oxidation sites excluding steroid dienone is 2. The van der Waals surface area contributed by atoms with Gasteiger partial charge in [-0.05, 0) is 38.7 Å². The summed E-state index contributed by atoms with van der Waals surface area (Å²) in [6, 6.07) is 4.74. The van der Waals surface area contributed by atoms with E-state index >= 15 is 0 Å². The van der Waals surface area contributed by atoms with Gasteiger partial charge in [-0.3, -0.25) is 10.1 Å². The largest absolute Gasteiger partial charge is 0.462 e. The fraction of sp³-hybridized carbons (Fsp3) is 0.538. The van der Waals surface area contributed by atoms with Crippen molar-refractivity contribution in [3.05, 3.63) is 62.0 Å². The van der Waals surface area contributed by atoms with Gasteiger partial charge < -0.3 is 14.8 Å². The molecule has 0 fully saturated rings. The third-order valence-corrected chi connectivity index (χ3v) is 5.83. The number of esters is 2. The van der Waals surface area contributed by atoms with Gasteiger partial charge in [-0.15, -0.1) is 0 Å². The molecule has 0 saturated heterocycles. The number of unbranched alkanes of at least 4 members (excludes halogenated alkanes) is 2. The molecule has 1 aromatic carbocycles. The van der Waals surface area contributed by atoms with E-state index < -0.39 is 22.8 Å². The van der Waals surface area contributed by atoms with Crippen LogP contribution < -0.4 is 5.32 Å². The Balaban J connectivity index is 2.76. The van der Waals surface area contributed by atoms with Crippen molar-refractivity contribution in [3.8, 4) is 0 Å². The highest BCUT2D eigenvalue weighted by molar-refractivity contribution is 6.00. The molecule has 0 aliphatic carbocycles. The minimum atomic E-state index is -0.963. The molecular weight excluding hydrogens is 436 g/mol. The van der Waals surface area contributed by atoms with Crippen LogP contribution in [-0.2, 0) is 19.1 Å². The molecule has 0 radical (unpaired) electrons. The molecule has 1 heterocycles. The van der Waals surface area contributed by atoms with Gasteiger partial charge in [0.1, 0.15) is 0 Å². The Hall–Kier alpha value is -3.16. The van der Waals surface area contributed by atoms with Gasteiger partial charge in [-0.2, -0.15) is 0 Å². The zero-order valence-corrected chi connectivity index (χ0v) is 20.9. The SMILES string of the molecule is CCCCOC(=O)C1=C(CC)NC(CC)=C(C(=O)OCCCC)C1c1cc(C)ccc1[N+](=O)[O-]. The number of carbonyl (C=O) groups is 2. The normalized spacial score (nSPS) is 14.1. The second kappa shape index (κ2) is 12.9. The number of nitro benzene ring substituents is 1. The third kappa shape index (κ3) is 6.24. The first-order valence-electron chi connectivity index (χ1n) is 12.1. The van der Waals surface area contributed by atoms with Crippen LogP contribution in [0, 0.1) is 17.0 Å². The lowest BCUT2D eigenvalue weighted by Gasteiger charge is -2.32. The van der Waals surface area contributed by atoms with Crippen LogP contribution in [0.4, 0.5) is 5.69 Å². The first kappa shape index (κ1) is 27.1. The van der Waals surface area contributed by atoms with Crippen molar-refractivity contribution in [1.82, 2.24) is 5.32 Å². The zero-order valence-electron chi connectivity index (χ0n) is 20.9. The van der Waals surface area contributed by atoms with Crippen LogP contribution in [-0.4, -0.2) is 30.1 Å². The summed E-state index contributed by atoms with van der Waals surface area (Å²) in [5, 5.41) is 15.2. The molecular formula is C26H36N2O6. The number of ether oxygens (including phenoxy) is 2.